The Labute approximate surface area is 147 Å². The fourth-order valence-electron chi connectivity index (χ4n) is 3.44. The quantitative estimate of drug-likeness (QED) is 0.839. The van der Waals surface area contributed by atoms with Crippen molar-refractivity contribution in [2.45, 2.75) is 31.8 Å². The van der Waals surface area contributed by atoms with E-state index in [-0.39, 0.29) is 23.8 Å². The summed E-state index contributed by atoms with van der Waals surface area (Å²) in [5, 5.41) is 7.11. The second-order valence-corrected chi connectivity index (χ2v) is 6.67. The van der Waals surface area contributed by atoms with E-state index in [0.717, 1.165) is 19.4 Å². The molecule has 3 rings (SSSR count). The largest absolute Gasteiger partial charge is 0.479 e. The molecule has 1 unspecified atom stereocenters. The predicted octanol–water partition coefficient (Wildman–Crippen LogP) is 0.576. The molecule has 138 valence electrons. The Kier molecular flexibility index (Phi) is 5.57. The molecule has 1 atom stereocenters. The summed E-state index contributed by atoms with van der Waals surface area (Å²) in [7, 11) is 3.26. The molecule has 8 heteroatoms. The first-order chi connectivity index (χ1) is 12.1. The number of aryl methyl sites for hydroxylation is 1. The van der Waals surface area contributed by atoms with Crippen molar-refractivity contribution in [1.82, 2.24) is 20.0 Å². The van der Waals surface area contributed by atoms with Crippen molar-refractivity contribution in [2.24, 2.45) is 13.0 Å². The number of aromatic nitrogens is 2. The molecule has 0 aliphatic carbocycles. The number of carbonyl (C=O) groups is 2. The molecule has 0 aromatic carbocycles. The Morgan fingerprint density at radius 1 is 1.36 bits per heavy atom. The summed E-state index contributed by atoms with van der Waals surface area (Å²) < 4.78 is 12.3. The lowest BCUT2D eigenvalue weighted by molar-refractivity contribution is -0.126. The molecule has 1 aromatic heterocycles. The minimum absolute atomic E-state index is 0.0405. The number of methoxy groups -OCH3 is 1. The van der Waals surface area contributed by atoms with Gasteiger partial charge in [0.2, 0.25) is 11.8 Å². The molecule has 2 amide bonds. The first kappa shape index (κ1) is 17.7. The number of amides is 2. The van der Waals surface area contributed by atoms with Crippen LogP contribution in [0.5, 0.6) is 5.88 Å². The molecule has 1 aromatic rings. The molecular formula is C17H26N4O4. The highest BCUT2D eigenvalue weighted by atomic mass is 16.5. The van der Waals surface area contributed by atoms with Crippen molar-refractivity contribution in [2.75, 3.05) is 33.4 Å². The van der Waals surface area contributed by atoms with Gasteiger partial charge in [-0.15, -0.1) is 5.10 Å². The Hall–Kier alpha value is -2.09. The third kappa shape index (κ3) is 4.12. The van der Waals surface area contributed by atoms with Crippen molar-refractivity contribution in [3.05, 3.63) is 11.8 Å². The van der Waals surface area contributed by atoms with Gasteiger partial charge in [-0.2, -0.15) is 0 Å². The van der Waals surface area contributed by atoms with E-state index in [0.29, 0.717) is 43.9 Å². The van der Waals surface area contributed by atoms with E-state index < -0.39 is 0 Å². The molecule has 2 fully saturated rings. The summed E-state index contributed by atoms with van der Waals surface area (Å²) in [6.45, 7) is 2.51. The molecule has 0 spiro atoms. The van der Waals surface area contributed by atoms with Gasteiger partial charge >= 0.3 is 0 Å². The molecule has 2 saturated heterocycles. The topological polar surface area (TPSA) is 85.7 Å². The first-order valence-electron chi connectivity index (χ1n) is 8.84. The van der Waals surface area contributed by atoms with Crippen molar-refractivity contribution >= 4 is 11.8 Å². The summed E-state index contributed by atoms with van der Waals surface area (Å²) in [6, 6.07) is 0. The maximum atomic E-state index is 12.6. The zero-order valence-corrected chi connectivity index (χ0v) is 14.9. The number of ether oxygens (including phenoxy) is 2. The summed E-state index contributed by atoms with van der Waals surface area (Å²) in [4.78, 5) is 26.7. The fraction of sp³-hybridized carbons (Fsp3) is 0.706. The lowest BCUT2D eigenvalue weighted by Gasteiger charge is -2.31. The van der Waals surface area contributed by atoms with Crippen LogP contribution in [0.3, 0.4) is 0 Å². The van der Waals surface area contributed by atoms with E-state index in [1.54, 1.807) is 22.8 Å². The van der Waals surface area contributed by atoms with Gasteiger partial charge in [-0.1, -0.05) is 0 Å². The second-order valence-electron chi connectivity index (χ2n) is 6.67. The number of hydrogen-bond donors (Lipinski definition) is 1. The van der Waals surface area contributed by atoms with E-state index in [4.69, 9.17) is 9.47 Å². The van der Waals surface area contributed by atoms with Crippen LogP contribution in [0.2, 0.25) is 0 Å². The zero-order chi connectivity index (χ0) is 17.8. The second kappa shape index (κ2) is 7.86. The highest BCUT2D eigenvalue weighted by Gasteiger charge is 2.30. The lowest BCUT2D eigenvalue weighted by Crippen LogP contribution is -2.44. The van der Waals surface area contributed by atoms with Crippen LogP contribution in [0.15, 0.2) is 6.20 Å². The van der Waals surface area contributed by atoms with Gasteiger partial charge in [0.05, 0.1) is 13.2 Å². The Balaban J connectivity index is 1.49. The number of carbonyl (C=O) groups excluding carboxylic acids is 2. The fourth-order valence-corrected chi connectivity index (χ4v) is 3.44. The van der Waals surface area contributed by atoms with Gasteiger partial charge < -0.3 is 19.7 Å². The predicted molar refractivity (Wildman–Crippen MR) is 90.4 cm³/mol. The van der Waals surface area contributed by atoms with Crippen LogP contribution < -0.4 is 10.1 Å². The molecule has 0 radical (unpaired) electrons. The molecule has 8 nitrogen and oxygen atoms in total. The van der Waals surface area contributed by atoms with Gasteiger partial charge in [0.25, 0.3) is 5.91 Å². The average molecular weight is 350 g/mol. The molecule has 3 heterocycles. The van der Waals surface area contributed by atoms with Crippen LogP contribution in [-0.4, -0.2) is 65.9 Å². The molecule has 1 N–H and O–H groups in total. The van der Waals surface area contributed by atoms with E-state index in [9.17, 15) is 9.59 Å². The third-order valence-corrected chi connectivity index (χ3v) is 4.90. The number of piperidine rings is 1. The third-order valence-electron chi connectivity index (χ3n) is 4.90. The van der Waals surface area contributed by atoms with E-state index in [2.05, 4.69) is 10.4 Å². The van der Waals surface area contributed by atoms with Gasteiger partial charge in [0, 0.05) is 45.4 Å². The SMILES string of the molecule is COc1nn(C)cc1C(=O)N1CCC(C(=O)NCC2CCCO2)CC1. The van der Waals surface area contributed by atoms with Gasteiger partial charge in [-0.25, -0.2) is 0 Å². The van der Waals surface area contributed by atoms with E-state index in [1.807, 2.05) is 0 Å². The van der Waals surface area contributed by atoms with Crippen LogP contribution in [0.4, 0.5) is 0 Å². The Bertz CT molecular complexity index is 616. The normalized spacial score (nSPS) is 21.4. The molecule has 2 aliphatic rings. The maximum Gasteiger partial charge on any atom is 0.260 e. The summed E-state index contributed by atoms with van der Waals surface area (Å²) >= 11 is 0. The van der Waals surface area contributed by atoms with Crippen LogP contribution in [0.1, 0.15) is 36.0 Å². The van der Waals surface area contributed by atoms with E-state index >= 15 is 0 Å². The smallest absolute Gasteiger partial charge is 0.260 e. The van der Waals surface area contributed by atoms with Crippen LogP contribution in [0.25, 0.3) is 0 Å². The summed E-state index contributed by atoms with van der Waals surface area (Å²) in [5.41, 5.74) is 0.464. The Morgan fingerprint density at radius 3 is 2.76 bits per heavy atom. The van der Waals surface area contributed by atoms with Crippen LogP contribution in [-0.2, 0) is 16.6 Å². The van der Waals surface area contributed by atoms with Gasteiger partial charge in [-0.3, -0.25) is 14.3 Å². The number of likely N-dealkylation sites (tertiary alicyclic amines) is 1. The van der Waals surface area contributed by atoms with Crippen LogP contribution >= 0.6 is 0 Å². The van der Waals surface area contributed by atoms with Gasteiger partial charge in [-0.05, 0) is 25.7 Å². The molecule has 2 aliphatic heterocycles. The van der Waals surface area contributed by atoms with Gasteiger partial charge in [0.1, 0.15) is 5.56 Å². The van der Waals surface area contributed by atoms with Crippen molar-refractivity contribution in [1.29, 1.82) is 0 Å². The lowest BCUT2D eigenvalue weighted by atomic mass is 9.95. The number of rotatable bonds is 5. The van der Waals surface area contributed by atoms with Crippen molar-refractivity contribution < 1.29 is 19.1 Å². The number of nitrogens with one attached hydrogen (secondary N) is 1. The molecular weight excluding hydrogens is 324 g/mol. The van der Waals surface area contributed by atoms with Crippen molar-refractivity contribution in [3.8, 4) is 5.88 Å². The number of hydrogen-bond acceptors (Lipinski definition) is 5. The number of nitrogens with zero attached hydrogens (tertiary/aromatic N) is 3. The standard InChI is InChI=1S/C17H26N4O4/c1-20-11-14(16(19-20)24-2)17(23)21-7-5-12(6-8-21)15(22)18-10-13-4-3-9-25-13/h11-13H,3-10H2,1-2H3,(H,18,22). The van der Waals surface area contributed by atoms with E-state index in [1.165, 1.54) is 7.11 Å². The minimum Gasteiger partial charge on any atom is -0.479 e. The van der Waals surface area contributed by atoms with Gasteiger partial charge in [0.15, 0.2) is 0 Å². The summed E-state index contributed by atoms with van der Waals surface area (Å²) in [5.74, 6) is 0.273. The Morgan fingerprint density at radius 2 is 2.12 bits per heavy atom. The monoisotopic (exact) mass is 350 g/mol. The maximum absolute atomic E-state index is 12.6. The highest BCUT2D eigenvalue weighted by Crippen LogP contribution is 2.23. The molecule has 25 heavy (non-hydrogen) atoms. The summed E-state index contributed by atoms with van der Waals surface area (Å²) in [6.07, 6.45) is 5.25. The highest BCUT2D eigenvalue weighted by molar-refractivity contribution is 5.96. The zero-order valence-electron chi connectivity index (χ0n) is 14.9. The first-order valence-corrected chi connectivity index (χ1v) is 8.84. The van der Waals surface area contributed by atoms with Crippen molar-refractivity contribution in [3.63, 3.8) is 0 Å². The van der Waals surface area contributed by atoms with Crippen LogP contribution in [0, 0.1) is 5.92 Å². The minimum atomic E-state index is -0.0943. The average Bonchev–Trinajstić information content (AvgIpc) is 3.28. The molecule has 0 bridgehead atoms. The molecule has 0 saturated carbocycles.